The maximum Gasteiger partial charge on any atom is 0.307 e. The van der Waals surface area contributed by atoms with E-state index < -0.39 is 23.7 Å². The second-order valence-corrected chi connectivity index (χ2v) is 9.74. The average molecular weight is 439 g/mol. The van der Waals surface area contributed by atoms with Crippen molar-refractivity contribution in [3.63, 3.8) is 0 Å². The van der Waals surface area contributed by atoms with Crippen LogP contribution in [0.2, 0.25) is 0 Å². The number of hydrogen-bond acceptors (Lipinski definition) is 4. The number of anilines is 1. The molecule has 2 aliphatic rings. The Morgan fingerprint density at radius 1 is 1.10 bits per heavy atom. The maximum atomic E-state index is 13.3. The van der Waals surface area contributed by atoms with E-state index in [0.29, 0.717) is 11.4 Å². The van der Waals surface area contributed by atoms with Crippen molar-refractivity contribution in [2.24, 2.45) is 29.4 Å². The number of nitrogens with two attached hydrogens (primary N) is 1. The Morgan fingerprint density at radius 3 is 2.32 bits per heavy atom. The lowest BCUT2D eigenvalue weighted by Gasteiger charge is -2.26. The van der Waals surface area contributed by atoms with Crippen molar-refractivity contribution in [1.82, 2.24) is 0 Å². The van der Waals surface area contributed by atoms with Crippen LogP contribution in [0.3, 0.4) is 0 Å². The molecule has 1 aromatic carbocycles. The molecule has 0 spiro atoms. The van der Waals surface area contributed by atoms with Gasteiger partial charge in [0.25, 0.3) is 5.91 Å². The third-order valence-corrected chi connectivity index (χ3v) is 7.56. The van der Waals surface area contributed by atoms with E-state index in [9.17, 15) is 19.5 Å². The summed E-state index contributed by atoms with van der Waals surface area (Å²) in [4.78, 5) is 38.2. The number of benzene rings is 1. The van der Waals surface area contributed by atoms with Crippen LogP contribution >= 0.6 is 11.3 Å². The molecular weight excluding hydrogens is 412 g/mol. The first-order chi connectivity index (χ1) is 14.8. The molecule has 4 atom stereocenters. The first-order valence-corrected chi connectivity index (χ1v) is 11.3. The van der Waals surface area contributed by atoms with Crippen LogP contribution in [0.5, 0.6) is 0 Å². The molecule has 6 nitrogen and oxygen atoms in total. The van der Waals surface area contributed by atoms with Gasteiger partial charge in [0.1, 0.15) is 5.00 Å². The third kappa shape index (κ3) is 3.90. The Kier molecular flexibility index (Phi) is 5.71. The lowest BCUT2D eigenvalue weighted by atomic mass is 9.79. The van der Waals surface area contributed by atoms with Gasteiger partial charge in [0.15, 0.2) is 0 Å². The number of allylic oxidation sites excluding steroid dienone is 2. The van der Waals surface area contributed by atoms with Gasteiger partial charge in [-0.3, -0.25) is 14.4 Å². The SMILES string of the molecule is CC(C)=C1[C@H]2CC[C@H]1[C@H](C(=O)Nc1sc(Cc3ccccc3)cc1C(N)=O)[C@H]2C(=O)O. The van der Waals surface area contributed by atoms with Gasteiger partial charge in [0, 0.05) is 11.3 Å². The van der Waals surface area contributed by atoms with Crippen LogP contribution in [0.25, 0.3) is 0 Å². The van der Waals surface area contributed by atoms with E-state index in [1.165, 1.54) is 11.3 Å². The molecule has 1 heterocycles. The zero-order valence-corrected chi connectivity index (χ0v) is 18.4. The van der Waals surface area contributed by atoms with Crippen LogP contribution in [-0.2, 0) is 16.0 Å². The van der Waals surface area contributed by atoms with Crippen LogP contribution in [0.15, 0.2) is 47.5 Å². The normalized spacial score (nSPS) is 24.3. The summed E-state index contributed by atoms with van der Waals surface area (Å²) >= 11 is 1.31. The molecular formula is C24H26N2O4S. The molecule has 2 aromatic rings. The van der Waals surface area contributed by atoms with E-state index >= 15 is 0 Å². The van der Waals surface area contributed by atoms with Crippen LogP contribution in [0, 0.1) is 23.7 Å². The van der Waals surface area contributed by atoms with E-state index in [1.807, 2.05) is 44.2 Å². The number of primary amides is 1. The summed E-state index contributed by atoms with van der Waals surface area (Å²) in [5.41, 5.74) is 9.15. The van der Waals surface area contributed by atoms with E-state index in [1.54, 1.807) is 6.07 Å². The standard InChI is InChI=1S/C24H26N2O4S/c1-12(2)18-15-8-9-16(18)20(24(29)30)19(15)22(28)26-23-17(21(25)27)11-14(31-23)10-13-6-4-3-5-7-13/h3-7,11,15-16,19-20H,8-10H2,1-2H3,(H2,25,27)(H,26,28)(H,29,30)/t15-,16-,19+,20+/m1/s1. The smallest absolute Gasteiger partial charge is 0.307 e. The topological polar surface area (TPSA) is 109 Å². The number of rotatable bonds is 6. The first kappa shape index (κ1) is 21.3. The fourth-order valence-corrected chi connectivity index (χ4v) is 6.50. The number of nitrogens with one attached hydrogen (secondary N) is 1. The summed E-state index contributed by atoms with van der Waals surface area (Å²) < 4.78 is 0. The number of fused-ring (bicyclic) bond motifs is 2. The molecule has 2 saturated carbocycles. The molecule has 162 valence electrons. The van der Waals surface area contributed by atoms with Crippen molar-refractivity contribution >= 4 is 34.1 Å². The molecule has 7 heteroatoms. The number of hydrogen-bond donors (Lipinski definition) is 3. The Bertz CT molecular complexity index is 1070. The molecule has 0 saturated heterocycles. The molecule has 0 aliphatic heterocycles. The Labute approximate surface area is 185 Å². The molecule has 4 rings (SSSR count). The van der Waals surface area contributed by atoms with Crippen molar-refractivity contribution < 1.29 is 19.5 Å². The number of aliphatic carboxylic acids is 1. The van der Waals surface area contributed by atoms with Crippen molar-refractivity contribution in [2.45, 2.75) is 33.1 Å². The molecule has 31 heavy (non-hydrogen) atoms. The lowest BCUT2D eigenvalue weighted by molar-refractivity contribution is -0.148. The summed E-state index contributed by atoms with van der Waals surface area (Å²) in [6.07, 6.45) is 2.24. The van der Waals surface area contributed by atoms with Crippen LogP contribution in [0.4, 0.5) is 5.00 Å². The molecule has 0 unspecified atom stereocenters. The molecule has 0 radical (unpaired) electrons. The minimum Gasteiger partial charge on any atom is -0.481 e. The molecule has 2 bridgehead atoms. The fourth-order valence-electron chi connectivity index (χ4n) is 5.40. The van der Waals surface area contributed by atoms with Gasteiger partial charge in [0.2, 0.25) is 5.91 Å². The first-order valence-electron chi connectivity index (χ1n) is 10.4. The number of carbonyl (C=O) groups is 3. The van der Waals surface area contributed by atoms with E-state index in [2.05, 4.69) is 5.32 Å². The average Bonchev–Trinajstić information content (AvgIpc) is 3.40. The molecule has 2 fully saturated rings. The molecule has 1 aromatic heterocycles. The number of carbonyl (C=O) groups excluding carboxylic acids is 2. The molecule has 4 N–H and O–H groups in total. The highest BCUT2D eigenvalue weighted by Gasteiger charge is 2.57. The highest BCUT2D eigenvalue weighted by molar-refractivity contribution is 7.16. The second kappa shape index (κ2) is 8.30. The highest BCUT2D eigenvalue weighted by Crippen LogP contribution is 2.57. The Balaban J connectivity index is 1.61. The zero-order valence-electron chi connectivity index (χ0n) is 17.6. The van der Waals surface area contributed by atoms with Crippen molar-refractivity contribution in [1.29, 1.82) is 0 Å². The van der Waals surface area contributed by atoms with Crippen molar-refractivity contribution in [3.8, 4) is 0 Å². The Morgan fingerprint density at radius 2 is 1.74 bits per heavy atom. The highest BCUT2D eigenvalue weighted by atomic mass is 32.1. The summed E-state index contributed by atoms with van der Waals surface area (Å²) in [6.45, 7) is 3.97. The number of carboxylic acid groups (broad SMARTS) is 1. The second-order valence-electron chi connectivity index (χ2n) is 8.61. The van der Waals surface area contributed by atoms with Crippen LogP contribution in [0.1, 0.15) is 47.5 Å². The Hall–Kier alpha value is -2.93. The van der Waals surface area contributed by atoms with Gasteiger partial charge in [-0.05, 0) is 50.2 Å². The van der Waals surface area contributed by atoms with Gasteiger partial charge >= 0.3 is 5.97 Å². The van der Waals surface area contributed by atoms with Gasteiger partial charge in [0.05, 0.1) is 17.4 Å². The summed E-state index contributed by atoms with van der Waals surface area (Å²) in [6, 6.07) is 11.5. The quantitative estimate of drug-likeness (QED) is 0.591. The van der Waals surface area contributed by atoms with E-state index in [-0.39, 0.29) is 23.3 Å². The van der Waals surface area contributed by atoms with Gasteiger partial charge in [-0.25, -0.2) is 0 Å². The summed E-state index contributed by atoms with van der Waals surface area (Å²) in [5, 5.41) is 13.1. The summed E-state index contributed by atoms with van der Waals surface area (Å²) in [5.74, 6) is -3.40. The molecule has 2 amide bonds. The third-order valence-electron chi connectivity index (χ3n) is 6.51. The van der Waals surface area contributed by atoms with Crippen molar-refractivity contribution in [3.05, 3.63) is 63.5 Å². The number of carboxylic acids is 1. The molecule has 2 aliphatic carbocycles. The summed E-state index contributed by atoms with van der Waals surface area (Å²) in [7, 11) is 0. The number of amides is 2. The van der Waals surface area contributed by atoms with Crippen LogP contribution in [-0.4, -0.2) is 22.9 Å². The van der Waals surface area contributed by atoms with E-state index in [4.69, 9.17) is 5.73 Å². The monoisotopic (exact) mass is 438 g/mol. The van der Waals surface area contributed by atoms with Gasteiger partial charge in [-0.1, -0.05) is 41.5 Å². The minimum atomic E-state index is -0.933. The predicted molar refractivity (Wildman–Crippen MR) is 120 cm³/mol. The largest absolute Gasteiger partial charge is 0.481 e. The van der Waals surface area contributed by atoms with Crippen molar-refractivity contribution in [2.75, 3.05) is 5.32 Å². The number of thiophene rings is 1. The van der Waals surface area contributed by atoms with Gasteiger partial charge in [-0.2, -0.15) is 0 Å². The predicted octanol–water partition coefficient (Wildman–Crippen LogP) is 4.07. The fraction of sp³-hybridized carbons (Fsp3) is 0.375. The zero-order chi connectivity index (χ0) is 22.3. The van der Waals surface area contributed by atoms with Crippen LogP contribution < -0.4 is 11.1 Å². The van der Waals surface area contributed by atoms with E-state index in [0.717, 1.165) is 34.4 Å². The minimum absolute atomic E-state index is 0.0584. The van der Waals surface area contributed by atoms with Gasteiger partial charge in [-0.15, -0.1) is 11.3 Å². The lowest BCUT2D eigenvalue weighted by Crippen LogP contribution is -2.38. The maximum absolute atomic E-state index is 13.3. The van der Waals surface area contributed by atoms with Gasteiger partial charge < -0.3 is 16.2 Å².